The molecule has 2 N–H and O–H groups in total. The minimum Gasteiger partial charge on any atom is -0.355 e. The molecule has 7 heteroatoms. The molecule has 2 saturated heterocycles. The lowest BCUT2D eigenvalue weighted by Gasteiger charge is -2.23. The summed E-state index contributed by atoms with van der Waals surface area (Å²) in [5, 5.41) is 6.40. The van der Waals surface area contributed by atoms with Crippen LogP contribution >= 0.6 is 24.2 Å². The molecule has 0 aliphatic carbocycles. The van der Waals surface area contributed by atoms with Gasteiger partial charge in [0.05, 0.1) is 5.92 Å². The quantitative estimate of drug-likeness (QED) is 0.766. The van der Waals surface area contributed by atoms with Crippen LogP contribution in [0.25, 0.3) is 0 Å². The Bertz CT molecular complexity index is 590. The second-order valence-corrected chi connectivity index (χ2v) is 7.44. The zero-order chi connectivity index (χ0) is 16.9. The highest BCUT2D eigenvalue weighted by atomic mass is 35.5. The number of nitrogens with one attached hydrogen (secondary N) is 2. The summed E-state index contributed by atoms with van der Waals surface area (Å²) >= 11 is 1.67. The predicted octanol–water partition coefficient (Wildman–Crippen LogP) is 2.30. The number of thioether (sulfide) groups is 1. The summed E-state index contributed by atoms with van der Waals surface area (Å²) in [5.41, 5.74) is 0.879. The van der Waals surface area contributed by atoms with Crippen LogP contribution in [0.15, 0.2) is 29.2 Å². The lowest BCUT2D eigenvalue weighted by Crippen LogP contribution is -2.40. The van der Waals surface area contributed by atoms with Gasteiger partial charge >= 0.3 is 0 Å². The number of benzene rings is 1. The first-order valence-corrected chi connectivity index (χ1v) is 9.82. The first-order valence-electron chi connectivity index (χ1n) is 8.60. The van der Waals surface area contributed by atoms with Crippen molar-refractivity contribution in [1.82, 2.24) is 10.6 Å². The molecule has 2 amide bonds. The van der Waals surface area contributed by atoms with Gasteiger partial charge in [-0.1, -0.05) is 0 Å². The van der Waals surface area contributed by atoms with Gasteiger partial charge in [0.15, 0.2) is 0 Å². The summed E-state index contributed by atoms with van der Waals surface area (Å²) in [6, 6.07) is 7.93. The zero-order valence-corrected chi connectivity index (χ0v) is 16.1. The Morgan fingerprint density at radius 3 is 2.76 bits per heavy atom. The lowest BCUT2D eigenvalue weighted by atomic mass is 9.99. The maximum atomic E-state index is 12.4. The maximum absolute atomic E-state index is 12.4. The number of hydrogen-bond acceptors (Lipinski definition) is 4. The highest BCUT2D eigenvalue weighted by Crippen LogP contribution is 2.27. The lowest BCUT2D eigenvalue weighted by molar-refractivity contribution is -0.126. The normalized spacial score (nSPS) is 23.2. The summed E-state index contributed by atoms with van der Waals surface area (Å²) in [5.74, 6) is 0.313. The number of rotatable bonds is 5. The Morgan fingerprint density at radius 1 is 1.36 bits per heavy atom. The van der Waals surface area contributed by atoms with Crippen LogP contribution in [0.5, 0.6) is 0 Å². The molecule has 2 aliphatic rings. The predicted molar refractivity (Wildman–Crippen MR) is 105 cm³/mol. The van der Waals surface area contributed by atoms with Gasteiger partial charge in [0.1, 0.15) is 0 Å². The number of nitrogens with zero attached hydrogens (tertiary/aromatic N) is 1. The molecule has 1 aromatic carbocycles. The summed E-state index contributed by atoms with van der Waals surface area (Å²) < 4.78 is 0. The highest BCUT2D eigenvalue weighted by Gasteiger charge is 2.35. The molecule has 25 heavy (non-hydrogen) atoms. The van der Waals surface area contributed by atoms with E-state index >= 15 is 0 Å². The third kappa shape index (κ3) is 5.12. The fourth-order valence-electron chi connectivity index (χ4n) is 3.38. The minimum atomic E-state index is -0.241. The molecule has 0 saturated carbocycles. The van der Waals surface area contributed by atoms with Crippen molar-refractivity contribution in [3.63, 3.8) is 0 Å². The zero-order valence-electron chi connectivity index (χ0n) is 14.5. The topological polar surface area (TPSA) is 61.4 Å². The van der Waals surface area contributed by atoms with E-state index in [2.05, 4.69) is 10.6 Å². The second-order valence-electron chi connectivity index (χ2n) is 6.56. The fraction of sp³-hybridized carbons (Fsp3) is 0.556. The number of halogens is 1. The van der Waals surface area contributed by atoms with Crippen LogP contribution in [-0.4, -0.2) is 44.2 Å². The van der Waals surface area contributed by atoms with Gasteiger partial charge in [0.25, 0.3) is 0 Å². The van der Waals surface area contributed by atoms with E-state index in [9.17, 15) is 9.59 Å². The average Bonchev–Trinajstić information content (AvgIpc) is 3.02. The third-order valence-electron chi connectivity index (χ3n) is 4.84. The number of hydrogen-bond donors (Lipinski definition) is 2. The molecule has 0 aromatic heterocycles. The van der Waals surface area contributed by atoms with Crippen LogP contribution in [0.4, 0.5) is 5.69 Å². The summed E-state index contributed by atoms with van der Waals surface area (Å²) in [6.07, 6.45) is 4.66. The van der Waals surface area contributed by atoms with E-state index < -0.39 is 0 Å². The van der Waals surface area contributed by atoms with Gasteiger partial charge in [-0.2, -0.15) is 0 Å². The van der Waals surface area contributed by atoms with E-state index in [1.54, 1.807) is 16.7 Å². The van der Waals surface area contributed by atoms with Gasteiger partial charge in [-0.05, 0) is 62.4 Å². The van der Waals surface area contributed by atoms with Crippen LogP contribution < -0.4 is 15.5 Å². The van der Waals surface area contributed by atoms with Crippen molar-refractivity contribution in [3.8, 4) is 0 Å². The van der Waals surface area contributed by atoms with E-state index in [-0.39, 0.29) is 30.1 Å². The number of carbonyl (C=O) groups excluding carboxylic acids is 2. The van der Waals surface area contributed by atoms with Gasteiger partial charge in [0, 0.05) is 30.1 Å². The summed E-state index contributed by atoms with van der Waals surface area (Å²) in [6.45, 7) is 3.23. The molecule has 3 rings (SSSR count). The number of anilines is 1. The first-order chi connectivity index (χ1) is 11.7. The summed E-state index contributed by atoms with van der Waals surface area (Å²) in [7, 11) is 0. The van der Waals surface area contributed by atoms with Crippen LogP contribution in [0.3, 0.4) is 0 Å². The van der Waals surface area contributed by atoms with E-state index in [1.165, 1.54) is 11.3 Å². The van der Waals surface area contributed by atoms with Gasteiger partial charge < -0.3 is 15.5 Å². The molecular formula is C18H26ClN3O2S. The van der Waals surface area contributed by atoms with Crippen molar-refractivity contribution in [1.29, 1.82) is 0 Å². The highest BCUT2D eigenvalue weighted by molar-refractivity contribution is 7.98. The van der Waals surface area contributed by atoms with E-state index in [1.807, 2.05) is 30.5 Å². The van der Waals surface area contributed by atoms with Crippen LogP contribution in [0, 0.1) is 11.8 Å². The molecule has 2 heterocycles. The van der Waals surface area contributed by atoms with Gasteiger partial charge in [-0.25, -0.2) is 0 Å². The minimum absolute atomic E-state index is 0. The van der Waals surface area contributed by atoms with Crippen molar-refractivity contribution in [2.24, 2.45) is 11.8 Å². The molecule has 0 bridgehead atoms. The van der Waals surface area contributed by atoms with Crippen LogP contribution in [0.1, 0.15) is 19.3 Å². The SMILES string of the molecule is CSc1ccc(N2CC(C(=O)NCC3CCCNC3)CC2=O)cc1.Cl. The molecule has 0 spiro atoms. The molecule has 2 unspecified atom stereocenters. The monoisotopic (exact) mass is 383 g/mol. The smallest absolute Gasteiger partial charge is 0.227 e. The maximum Gasteiger partial charge on any atom is 0.227 e. The number of carbonyl (C=O) groups is 2. The van der Waals surface area contributed by atoms with Gasteiger partial charge in [-0.15, -0.1) is 24.2 Å². The largest absolute Gasteiger partial charge is 0.355 e. The van der Waals surface area contributed by atoms with Crippen LogP contribution in [0.2, 0.25) is 0 Å². The number of piperidine rings is 1. The standard InChI is InChI=1S/C18H25N3O2S.ClH/c1-24-16-6-4-15(5-7-16)21-12-14(9-17(21)22)18(23)20-11-13-3-2-8-19-10-13;/h4-7,13-14,19H,2-3,8-12H2,1H3,(H,20,23);1H. The Balaban J connectivity index is 0.00000225. The third-order valence-corrected chi connectivity index (χ3v) is 5.59. The molecule has 0 radical (unpaired) electrons. The first kappa shape index (κ1) is 20.1. The molecule has 2 fully saturated rings. The molecule has 2 aliphatic heterocycles. The van der Waals surface area contributed by atoms with Crippen molar-refractivity contribution in [2.45, 2.75) is 24.2 Å². The Labute approximate surface area is 159 Å². The average molecular weight is 384 g/mol. The summed E-state index contributed by atoms with van der Waals surface area (Å²) in [4.78, 5) is 27.6. The fourth-order valence-corrected chi connectivity index (χ4v) is 3.79. The Morgan fingerprint density at radius 2 is 2.12 bits per heavy atom. The van der Waals surface area contributed by atoms with E-state index in [4.69, 9.17) is 0 Å². The second kappa shape index (κ2) is 9.46. The molecule has 1 aromatic rings. The molecular weight excluding hydrogens is 358 g/mol. The Kier molecular flexibility index (Phi) is 7.59. The van der Waals surface area contributed by atoms with Crippen molar-refractivity contribution >= 4 is 41.7 Å². The van der Waals surface area contributed by atoms with Crippen LogP contribution in [-0.2, 0) is 9.59 Å². The number of amides is 2. The van der Waals surface area contributed by atoms with Gasteiger partial charge in [0.2, 0.25) is 11.8 Å². The molecule has 5 nitrogen and oxygen atoms in total. The molecule has 2 atom stereocenters. The Hall–Kier alpha value is -1.24. The van der Waals surface area contributed by atoms with E-state index in [0.29, 0.717) is 25.4 Å². The molecule has 138 valence electrons. The van der Waals surface area contributed by atoms with Crippen molar-refractivity contribution in [2.75, 3.05) is 37.3 Å². The van der Waals surface area contributed by atoms with E-state index in [0.717, 1.165) is 25.2 Å². The van der Waals surface area contributed by atoms with Crippen molar-refractivity contribution in [3.05, 3.63) is 24.3 Å². The van der Waals surface area contributed by atoms with Crippen molar-refractivity contribution < 1.29 is 9.59 Å². The van der Waals surface area contributed by atoms with Gasteiger partial charge in [-0.3, -0.25) is 9.59 Å².